The Bertz CT molecular complexity index is 708. The monoisotopic (exact) mass is 355 g/mol. The van der Waals surface area contributed by atoms with E-state index in [1.54, 1.807) is 6.26 Å². The first-order chi connectivity index (χ1) is 12.8. The van der Waals surface area contributed by atoms with Crippen molar-refractivity contribution in [3.63, 3.8) is 0 Å². The van der Waals surface area contributed by atoms with Crippen molar-refractivity contribution >= 4 is 0 Å². The molecule has 0 bridgehead atoms. The highest BCUT2D eigenvalue weighted by Crippen LogP contribution is 2.32. The Balaban J connectivity index is 1.52. The molecule has 138 valence electrons. The number of aliphatic hydroxyl groups is 1. The van der Waals surface area contributed by atoms with Gasteiger partial charge in [-0.15, -0.1) is 0 Å². The number of aryl methyl sites for hydroxylation is 1. The number of hydrogen-bond acceptors (Lipinski definition) is 4. The highest BCUT2D eigenvalue weighted by Gasteiger charge is 2.23. The zero-order valence-corrected chi connectivity index (χ0v) is 15.1. The predicted molar refractivity (Wildman–Crippen MR) is 97.4 cm³/mol. The number of nitrogens with one attached hydrogen (secondary N) is 1. The van der Waals surface area contributed by atoms with E-state index < -0.39 is 6.10 Å². The van der Waals surface area contributed by atoms with E-state index in [4.69, 9.17) is 14.4 Å². The van der Waals surface area contributed by atoms with Crippen LogP contribution in [0.1, 0.15) is 42.3 Å². The maximum atomic E-state index is 10.5. The zero-order valence-electron chi connectivity index (χ0n) is 15.1. The number of hydrogen-bond donors (Lipinski definition) is 2. The summed E-state index contributed by atoms with van der Waals surface area (Å²) in [4.78, 5) is 1.13. The highest BCUT2D eigenvalue weighted by molar-refractivity contribution is 5.31. The van der Waals surface area contributed by atoms with Crippen LogP contribution in [0.2, 0.25) is 0 Å². The summed E-state index contributed by atoms with van der Waals surface area (Å²) in [6.45, 7) is 2.20. The molecule has 0 aliphatic heterocycles. The van der Waals surface area contributed by atoms with Gasteiger partial charge in [0.25, 0.3) is 0 Å². The molecule has 1 heterocycles. The Morgan fingerprint density at radius 1 is 1.31 bits per heavy atom. The Morgan fingerprint density at radius 3 is 3.00 bits per heavy atom. The van der Waals surface area contributed by atoms with E-state index >= 15 is 0 Å². The Hall–Kier alpha value is -2.13. The fourth-order valence-corrected chi connectivity index (χ4v) is 3.66. The minimum atomic E-state index is -0.562. The number of benzene rings is 1. The molecule has 2 aromatic rings. The van der Waals surface area contributed by atoms with Gasteiger partial charge in [0.15, 0.2) is 5.76 Å². The predicted octanol–water partition coefficient (Wildman–Crippen LogP) is 2.03. The second kappa shape index (κ2) is 9.54. The molecule has 26 heavy (non-hydrogen) atoms. The van der Waals surface area contributed by atoms with E-state index in [1.165, 1.54) is 11.1 Å². The summed E-state index contributed by atoms with van der Waals surface area (Å²) in [6.07, 6.45) is 4.84. The van der Waals surface area contributed by atoms with Crippen molar-refractivity contribution < 1.29 is 19.2 Å². The van der Waals surface area contributed by atoms with Crippen LogP contribution in [0.4, 0.5) is 0 Å². The molecule has 3 rings (SSSR count). The van der Waals surface area contributed by atoms with Gasteiger partial charge in [-0.2, -0.15) is 5.26 Å². The van der Waals surface area contributed by atoms with Gasteiger partial charge in [-0.25, -0.2) is 0 Å². The summed E-state index contributed by atoms with van der Waals surface area (Å²) in [5.74, 6) is 0.868. The average molecular weight is 355 g/mol. The molecule has 0 saturated heterocycles. The summed E-state index contributed by atoms with van der Waals surface area (Å²) in [6, 6.07) is 14.4. The van der Waals surface area contributed by atoms with Crippen molar-refractivity contribution in [3.05, 3.63) is 59.5 Å². The van der Waals surface area contributed by atoms with Gasteiger partial charge in [0.05, 0.1) is 38.0 Å². The maximum absolute atomic E-state index is 10.5. The largest absolute Gasteiger partial charge is 0.463 e. The third kappa shape index (κ3) is 5.18. The lowest BCUT2D eigenvalue weighted by Gasteiger charge is -2.27. The van der Waals surface area contributed by atoms with Crippen molar-refractivity contribution in [2.45, 2.75) is 44.4 Å². The highest BCUT2D eigenvalue weighted by atomic mass is 16.5. The molecule has 1 aromatic carbocycles. The SMILES string of the molecule is N#CCC[NH+](Cc1ccco1)C[C@@H](O)CO[C@H]1CCCc2ccccc21. The molecule has 1 aliphatic carbocycles. The maximum Gasteiger partial charge on any atom is 0.157 e. The topological polar surface area (TPSA) is 70.8 Å². The second-order valence-corrected chi connectivity index (χ2v) is 6.94. The number of nitriles is 1. The summed E-state index contributed by atoms with van der Waals surface area (Å²) in [5.41, 5.74) is 2.62. The molecule has 3 atom stereocenters. The fraction of sp³-hybridized carbons (Fsp3) is 0.476. The lowest BCUT2D eigenvalue weighted by Crippen LogP contribution is -3.12. The van der Waals surface area contributed by atoms with Gasteiger partial charge in [0, 0.05) is 0 Å². The quantitative estimate of drug-likeness (QED) is 0.722. The van der Waals surface area contributed by atoms with E-state index in [0.29, 0.717) is 32.7 Å². The first-order valence-electron chi connectivity index (χ1n) is 9.36. The minimum Gasteiger partial charge on any atom is -0.463 e. The first kappa shape index (κ1) is 18.7. The van der Waals surface area contributed by atoms with E-state index in [0.717, 1.165) is 29.9 Å². The molecule has 1 unspecified atom stereocenters. The van der Waals surface area contributed by atoms with E-state index in [9.17, 15) is 5.11 Å². The molecule has 1 aliphatic rings. The van der Waals surface area contributed by atoms with Crippen LogP contribution in [0, 0.1) is 11.3 Å². The van der Waals surface area contributed by atoms with Crippen LogP contribution in [0.5, 0.6) is 0 Å². The Kier molecular flexibility index (Phi) is 6.84. The van der Waals surface area contributed by atoms with E-state index in [1.807, 2.05) is 18.2 Å². The van der Waals surface area contributed by atoms with E-state index in [-0.39, 0.29) is 6.10 Å². The molecule has 0 fully saturated rings. The number of ether oxygens (including phenoxy) is 1. The van der Waals surface area contributed by atoms with Gasteiger partial charge in [-0.3, -0.25) is 0 Å². The van der Waals surface area contributed by atoms with Crippen LogP contribution in [0.15, 0.2) is 47.1 Å². The number of aliphatic hydroxyl groups excluding tert-OH is 1. The van der Waals surface area contributed by atoms with E-state index in [2.05, 4.69) is 24.3 Å². The minimum absolute atomic E-state index is 0.0715. The van der Waals surface area contributed by atoms with Gasteiger partial charge in [-0.1, -0.05) is 24.3 Å². The molecule has 0 radical (unpaired) electrons. The van der Waals surface area contributed by atoms with Crippen LogP contribution in [0.3, 0.4) is 0 Å². The Labute approximate surface area is 154 Å². The van der Waals surface area contributed by atoms with Gasteiger partial charge >= 0.3 is 0 Å². The van der Waals surface area contributed by atoms with Crippen molar-refractivity contribution in [2.75, 3.05) is 19.7 Å². The fourth-order valence-electron chi connectivity index (χ4n) is 3.66. The van der Waals surface area contributed by atoms with Crippen molar-refractivity contribution in [1.82, 2.24) is 0 Å². The molecule has 0 amide bonds. The number of rotatable bonds is 9. The molecule has 5 nitrogen and oxygen atoms in total. The molecule has 0 saturated carbocycles. The normalized spacial score (nSPS) is 18.7. The molecule has 2 N–H and O–H groups in total. The lowest BCUT2D eigenvalue weighted by atomic mass is 9.89. The molecule has 0 spiro atoms. The van der Waals surface area contributed by atoms with Crippen molar-refractivity contribution in [1.29, 1.82) is 5.26 Å². The molecule has 5 heteroatoms. The second-order valence-electron chi connectivity index (χ2n) is 6.94. The lowest BCUT2D eigenvalue weighted by molar-refractivity contribution is -0.917. The standard InChI is InChI=1S/C21H26N2O3/c22-11-5-12-23(15-19-8-4-13-25-19)14-18(24)16-26-21-10-3-7-17-6-1-2-9-20(17)21/h1-2,4,6,8-9,13,18,21,24H,3,5,7,10,12,14-16H2/p+1/t18-,21+/m1/s1. The summed E-state index contributed by atoms with van der Waals surface area (Å²) >= 11 is 0. The third-order valence-corrected chi connectivity index (χ3v) is 4.92. The van der Waals surface area contributed by atoms with Crippen LogP contribution < -0.4 is 4.90 Å². The van der Waals surface area contributed by atoms with Gasteiger partial charge in [0.1, 0.15) is 19.2 Å². The summed E-state index contributed by atoms with van der Waals surface area (Å²) < 4.78 is 11.5. The van der Waals surface area contributed by atoms with Crippen LogP contribution >= 0.6 is 0 Å². The number of fused-ring (bicyclic) bond motifs is 1. The third-order valence-electron chi connectivity index (χ3n) is 4.92. The van der Waals surface area contributed by atoms with Crippen LogP contribution in [-0.2, 0) is 17.7 Å². The van der Waals surface area contributed by atoms with Gasteiger partial charge in [-0.05, 0) is 42.5 Å². The first-order valence-corrected chi connectivity index (χ1v) is 9.36. The number of quaternary nitrogens is 1. The molecular formula is C21H27N2O3+. The zero-order chi connectivity index (χ0) is 18.2. The van der Waals surface area contributed by atoms with Gasteiger partial charge < -0.3 is 19.2 Å². The smallest absolute Gasteiger partial charge is 0.157 e. The van der Waals surface area contributed by atoms with Crippen LogP contribution in [0.25, 0.3) is 0 Å². The molecular weight excluding hydrogens is 328 g/mol. The summed E-state index contributed by atoms with van der Waals surface area (Å²) in [5, 5.41) is 19.3. The number of furan rings is 1. The number of nitrogens with zero attached hydrogens (tertiary/aromatic N) is 1. The molecule has 1 aromatic heterocycles. The summed E-state index contributed by atoms with van der Waals surface area (Å²) in [7, 11) is 0. The average Bonchev–Trinajstić information content (AvgIpc) is 3.17. The van der Waals surface area contributed by atoms with Crippen LogP contribution in [-0.4, -0.2) is 30.9 Å². The van der Waals surface area contributed by atoms with Crippen molar-refractivity contribution in [2.24, 2.45) is 0 Å². The van der Waals surface area contributed by atoms with Gasteiger partial charge in [0.2, 0.25) is 0 Å². The van der Waals surface area contributed by atoms with Crippen molar-refractivity contribution in [3.8, 4) is 6.07 Å². The Morgan fingerprint density at radius 2 is 2.19 bits per heavy atom.